The summed E-state index contributed by atoms with van der Waals surface area (Å²) in [6.45, 7) is 5.57. The first-order chi connectivity index (χ1) is 7.92. The van der Waals surface area contributed by atoms with Crippen molar-refractivity contribution in [1.82, 2.24) is 5.32 Å². The van der Waals surface area contributed by atoms with Crippen LogP contribution in [0.25, 0.3) is 0 Å². The Morgan fingerprint density at radius 3 is 3.00 bits per heavy atom. The number of para-hydroxylation sites is 2. The summed E-state index contributed by atoms with van der Waals surface area (Å²) in [4.78, 5) is 2.50. The number of hydrogen-bond donors (Lipinski definition) is 0. The fraction of sp³-hybridized carbons (Fsp3) is 0.571. The molecule has 0 saturated carbocycles. The highest BCUT2D eigenvalue weighted by Crippen LogP contribution is 2.28. The van der Waals surface area contributed by atoms with Crippen LogP contribution in [0.15, 0.2) is 24.3 Å². The van der Waals surface area contributed by atoms with Crippen molar-refractivity contribution < 1.29 is 0 Å². The highest BCUT2D eigenvalue weighted by molar-refractivity contribution is 5.66. The van der Waals surface area contributed by atoms with Crippen LogP contribution in [0.2, 0.25) is 0 Å². The van der Waals surface area contributed by atoms with Crippen LogP contribution in [0, 0.1) is 0 Å². The van der Waals surface area contributed by atoms with Gasteiger partial charge < -0.3 is 4.90 Å². The number of hydrogen-bond acceptors (Lipinski definition) is 1. The van der Waals surface area contributed by atoms with E-state index >= 15 is 0 Å². The maximum Gasteiger partial charge on any atom is 0.0807 e. The van der Waals surface area contributed by atoms with E-state index in [4.69, 9.17) is 0 Å². The van der Waals surface area contributed by atoms with Gasteiger partial charge in [0.2, 0.25) is 0 Å². The molecule has 1 radical (unpaired) electrons. The van der Waals surface area contributed by atoms with Gasteiger partial charge in [-0.05, 0) is 25.0 Å². The average Bonchev–Trinajstić information content (AvgIpc) is 2.52. The molecule has 1 aliphatic rings. The molecule has 1 aliphatic heterocycles. The predicted octanol–water partition coefficient (Wildman–Crippen LogP) is 3.32. The molecule has 0 unspecified atom stereocenters. The van der Waals surface area contributed by atoms with E-state index in [-0.39, 0.29) is 0 Å². The molecule has 87 valence electrons. The Kier molecular flexibility index (Phi) is 4.09. The third-order valence-electron chi connectivity index (χ3n) is 3.12. The van der Waals surface area contributed by atoms with Crippen molar-refractivity contribution in [3.8, 4) is 0 Å². The molecular formula is C14H21N2. The average molecular weight is 217 g/mol. The summed E-state index contributed by atoms with van der Waals surface area (Å²) >= 11 is 0. The molecule has 0 aliphatic carbocycles. The van der Waals surface area contributed by atoms with Crippen LogP contribution < -0.4 is 10.2 Å². The Hall–Kier alpha value is -1.18. The molecule has 0 saturated heterocycles. The zero-order chi connectivity index (χ0) is 11.2. The molecule has 2 heteroatoms. The molecular weight excluding hydrogens is 196 g/mol. The van der Waals surface area contributed by atoms with Crippen molar-refractivity contribution in [3.05, 3.63) is 24.3 Å². The molecule has 0 aromatic heterocycles. The third kappa shape index (κ3) is 2.69. The fourth-order valence-corrected chi connectivity index (χ4v) is 2.23. The van der Waals surface area contributed by atoms with Gasteiger partial charge >= 0.3 is 0 Å². The Balaban J connectivity index is 2.06. The number of fused-ring (bicyclic) bond motifs is 1. The zero-order valence-electron chi connectivity index (χ0n) is 10.2. The lowest BCUT2D eigenvalue weighted by atomic mass is 10.2. The fourth-order valence-electron chi connectivity index (χ4n) is 2.23. The first-order valence-electron chi connectivity index (χ1n) is 6.43. The maximum absolute atomic E-state index is 4.62. The summed E-state index contributed by atoms with van der Waals surface area (Å²) < 4.78 is 0. The lowest BCUT2D eigenvalue weighted by Gasteiger charge is -2.24. The monoisotopic (exact) mass is 217 g/mol. The van der Waals surface area contributed by atoms with Gasteiger partial charge in [0.25, 0.3) is 0 Å². The van der Waals surface area contributed by atoms with E-state index in [1.165, 1.54) is 43.6 Å². The van der Waals surface area contributed by atoms with Crippen molar-refractivity contribution in [2.24, 2.45) is 0 Å². The van der Waals surface area contributed by atoms with Gasteiger partial charge in [0, 0.05) is 19.6 Å². The molecule has 1 heterocycles. The highest BCUT2D eigenvalue weighted by atomic mass is 15.2. The van der Waals surface area contributed by atoms with Gasteiger partial charge in [0.1, 0.15) is 0 Å². The summed E-state index contributed by atoms with van der Waals surface area (Å²) in [6, 6.07) is 8.54. The van der Waals surface area contributed by atoms with Crippen LogP contribution in [0.4, 0.5) is 11.4 Å². The Morgan fingerprint density at radius 2 is 2.12 bits per heavy atom. The van der Waals surface area contributed by atoms with E-state index in [1.54, 1.807) is 0 Å². The van der Waals surface area contributed by atoms with E-state index in [9.17, 15) is 0 Å². The normalized spacial score (nSPS) is 15.2. The number of nitrogens with zero attached hydrogens (tertiary/aromatic N) is 2. The summed E-state index contributed by atoms with van der Waals surface area (Å²) in [5.74, 6) is 0. The van der Waals surface area contributed by atoms with Gasteiger partial charge in [0.15, 0.2) is 0 Å². The molecule has 0 amide bonds. The van der Waals surface area contributed by atoms with E-state index in [0.717, 1.165) is 13.1 Å². The first-order valence-corrected chi connectivity index (χ1v) is 6.43. The van der Waals surface area contributed by atoms with E-state index in [0.29, 0.717) is 0 Å². The van der Waals surface area contributed by atoms with Crippen LogP contribution in [0.3, 0.4) is 0 Å². The van der Waals surface area contributed by atoms with Crippen molar-refractivity contribution in [2.45, 2.75) is 32.6 Å². The molecule has 2 nitrogen and oxygen atoms in total. The molecule has 0 bridgehead atoms. The van der Waals surface area contributed by atoms with E-state index in [2.05, 4.69) is 41.4 Å². The van der Waals surface area contributed by atoms with Crippen LogP contribution in [0.1, 0.15) is 32.6 Å². The molecule has 0 spiro atoms. The lowest BCUT2D eigenvalue weighted by molar-refractivity contribution is 0.662. The molecule has 16 heavy (non-hydrogen) atoms. The quantitative estimate of drug-likeness (QED) is 0.707. The van der Waals surface area contributed by atoms with Gasteiger partial charge in [-0.3, -0.25) is 5.32 Å². The lowest BCUT2D eigenvalue weighted by Crippen LogP contribution is -2.25. The Morgan fingerprint density at radius 1 is 1.25 bits per heavy atom. The van der Waals surface area contributed by atoms with Crippen molar-refractivity contribution in [3.63, 3.8) is 0 Å². The molecule has 1 aromatic carbocycles. The van der Waals surface area contributed by atoms with Crippen LogP contribution >= 0.6 is 0 Å². The van der Waals surface area contributed by atoms with Gasteiger partial charge in [-0.25, -0.2) is 0 Å². The van der Waals surface area contributed by atoms with Gasteiger partial charge in [-0.1, -0.05) is 31.9 Å². The largest absolute Gasteiger partial charge is 0.370 e. The Bertz CT molecular complexity index is 322. The van der Waals surface area contributed by atoms with Gasteiger partial charge in [0.05, 0.1) is 11.4 Å². The second kappa shape index (κ2) is 5.78. The van der Waals surface area contributed by atoms with Gasteiger partial charge in [-0.15, -0.1) is 0 Å². The summed E-state index contributed by atoms with van der Waals surface area (Å²) in [7, 11) is 0. The minimum atomic E-state index is 0.974. The number of rotatable bonds is 4. The third-order valence-corrected chi connectivity index (χ3v) is 3.12. The molecule has 0 fully saturated rings. The van der Waals surface area contributed by atoms with Crippen LogP contribution in [-0.4, -0.2) is 19.6 Å². The molecule has 2 rings (SSSR count). The molecule has 0 atom stereocenters. The molecule has 0 N–H and O–H groups in total. The summed E-state index contributed by atoms with van der Waals surface area (Å²) in [6.07, 6.45) is 5.10. The smallest absolute Gasteiger partial charge is 0.0807 e. The Labute approximate surface area is 98.7 Å². The number of unbranched alkanes of at least 4 members (excludes halogenated alkanes) is 2. The minimum Gasteiger partial charge on any atom is -0.370 e. The standard InChI is InChI=1S/C14H21N2/c1-2-3-6-11-16-12-7-10-15-13-8-4-5-9-14(13)16/h4-5,8-9H,2-3,6-7,10-12H2,1H3. The first kappa shape index (κ1) is 11.3. The number of benzene rings is 1. The van der Waals surface area contributed by atoms with Gasteiger partial charge in [-0.2, -0.15) is 0 Å². The predicted molar refractivity (Wildman–Crippen MR) is 69.5 cm³/mol. The number of anilines is 1. The van der Waals surface area contributed by atoms with E-state index < -0.39 is 0 Å². The van der Waals surface area contributed by atoms with Crippen molar-refractivity contribution in [2.75, 3.05) is 24.5 Å². The summed E-state index contributed by atoms with van der Waals surface area (Å²) in [5, 5.41) is 4.62. The second-order valence-corrected chi connectivity index (χ2v) is 4.42. The highest BCUT2D eigenvalue weighted by Gasteiger charge is 2.14. The maximum atomic E-state index is 4.62. The zero-order valence-corrected chi connectivity index (χ0v) is 10.2. The van der Waals surface area contributed by atoms with E-state index in [1.807, 2.05) is 0 Å². The minimum absolute atomic E-state index is 0.974. The summed E-state index contributed by atoms with van der Waals surface area (Å²) in [5.41, 5.74) is 2.51. The topological polar surface area (TPSA) is 17.3 Å². The van der Waals surface area contributed by atoms with Crippen LogP contribution in [0.5, 0.6) is 0 Å². The van der Waals surface area contributed by atoms with Crippen LogP contribution in [-0.2, 0) is 0 Å². The van der Waals surface area contributed by atoms with Crippen molar-refractivity contribution >= 4 is 11.4 Å². The van der Waals surface area contributed by atoms with Crippen molar-refractivity contribution in [1.29, 1.82) is 0 Å². The second-order valence-electron chi connectivity index (χ2n) is 4.42. The SMILES string of the molecule is CCCCCN1CCC[N]c2ccccc21. The molecule has 1 aromatic rings.